The van der Waals surface area contributed by atoms with Crippen molar-refractivity contribution in [3.8, 4) is 0 Å². The number of hydrogen-bond acceptors (Lipinski definition) is 2. The van der Waals surface area contributed by atoms with Crippen LogP contribution in [0.5, 0.6) is 0 Å². The fraction of sp³-hybridized carbons (Fsp3) is 0.500. The van der Waals surface area contributed by atoms with E-state index in [4.69, 9.17) is 0 Å². The van der Waals surface area contributed by atoms with E-state index in [1.165, 1.54) is 18.7 Å². The van der Waals surface area contributed by atoms with E-state index in [1.807, 2.05) is 0 Å². The highest BCUT2D eigenvalue weighted by atomic mass is 79.9. The highest BCUT2D eigenvalue weighted by molar-refractivity contribution is 8.93. The van der Waals surface area contributed by atoms with Crippen molar-refractivity contribution in [3.05, 3.63) is 30.3 Å². The topological polar surface area (TPSA) is 15.3 Å². The molecule has 2 bridgehead atoms. The minimum atomic E-state index is 0. The maximum atomic E-state index is 3.55. The molecule has 3 rings (SSSR count). The molecular weight excluding hydrogens is 332 g/mol. The summed E-state index contributed by atoms with van der Waals surface area (Å²) in [6.07, 6.45) is 1.29. The molecule has 2 aliphatic heterocycles. The second-order valence-corrected chi connectivity index (χ2v) is 4.73. The van der Waals surface area contributed by atoms with Gasteiger partial charge in [0.05, 0.1) is 5.54 Å². The molecule has 90 valence electrons. The minimum absolute atomic E-state index is 0. The first-order valence-electron chi connectivity index (χ1n) is 5.34. The molecule has 0 aromatic heterocycles. The first-order chi connectivity index (χ1) is 6.78. The number of nitrogens with zero attached hydrogens (tertiary/aromatic N) is 1. The first kappa shape index (κ1) is 14.0. The fourth-order valence-electron chi connectivity index (χ4n) is 2.84. The molecule has 2 fully saturated rings. The number of hydrogen-bond donors (Lipinski definition) is 1. The van der Waals surface area contributed by atoms with E-state index >= 15 is 0 Å². The van der Waals surface area contributed by atoms with Gasteiger partial charge in [-0.3, -0.25) is 0 Å². The van der Waals surface area contributed by atoms with Crippen LogP contribution in [-0.4, -0.2) is 24.7 Å². The van der Waals surface area contributed by atoms with E-state index in [1.54, 1.807) is 0 Å². The molecule has 1 N–H and O–H groups in total. The van der Waals surface area contributed by atoms with Crippen molar-refractivity contribution in [2.24, 2.45) is 0 Å². The number of rotatable bonds is 1. The van der Waals surface area contributed by atoms with Gasteiger partial charge in [0.25, 0.3) is 0 Å². The molecule has 2 unspecified atom stereocenters. The van der Waals surface area contributed by atoms with Gasteiger partial charge in [0.2, 0.25) is 0 Å². The van der Waals surface area contributed by atoms with Crippen molar-refractivity contribution in [3.63, 3.8) is 0 Å². The van der Waals surface area contributed by atoms with Crippen molar-refractivity contribution in [1.29, 1.82) is 0 Å². The Hall–Kier alpha value is -0.0600. The third-order valence-corrected chi connectivity index (χ3v) is 3.58. The quantitative estimate of drug-likeness (QED) is 0.838. The van der Waals surface area contributed by atoms with Gasteiger partial charge >= 0.3 is 0 Å². The average molecular weight is 350 g/mol. The molecule has 2 atom stereocenters. The number of anilines is 1. The van der Waals surface area contributed by atoms with Crippen LogP contribution in [0.3, 0.4) is 0 Å². The Labute approximate surface area is 118 Å². The highest BCUT2D eigenvalue weighted by Gasteiger charge is 2.47. The largest absolute Gasteiger partial charge is 0.363 e. The number of para-hydroxylation sites is 1. The van der Waals surface area contributed by atoms with Crippen LogP contribution in [-0.2, 0) is 0 Å². The zero-order valence-electron chi connectivity index (χ0n) is 9.35. The van der Waals surface area contributed by atoms with Gasteiger partial charge < -0.3 is 10.2 Å². The molecule has 1 aromatic carbocycles. The summed E-state index contributed by atoms with van der Waals surface area (Å²) in [5.41, 5.74) is 1.73. The van der Waals surface area contributed by atoms with E-state index in [0.717, 1.165) is 6.54 Å². The van der Waals surface area contributed by atoms with Crippen molar-refractivity contribution >= 4 is 39.7 Å². The van der Waals surface area contributed by atoms with Gasteiger partial charge in [0.15, 0.2) is 0 Å². The summed E-state index contributed by atoms with van der Waals surface area (Å²) in [6, 6.07) is 11.5. The lowest BCUT2D eigenvalue weighted by atomic mass is 10.0. The molecule has 4 heteroatoms. The maximum Gasteiger partial charge on any atom is 0.0514 e. The molecular formula is C12H18Br2N2. The molecule has 0 radical (unpaired) electrons. The summed E-state index contributed by atoms with van der Waals surface area (Å²) in [5, 5.41) is 3.55. The van der Waals surface area contributed by atoms with Crippen LogP contribution in [0.4, 0.5) is 5.69 Å². The van der Waals surface area contributed by atoms with Crippen molar-refractivity contribution in [2.45, 2.75) is 24.9 Å². The normalized spacial score (nSPS) is 30.8. The fourth-order valence-corrected chi connectivity index (χ4v) is 2.84. The Morgan fingerprint density at radius 2 is 1.94 bits per heavy atom. The van der Waals surface area contributed by atoms with E-state index in [2.05, 4.69) is 47.5 Å². The van der Waals surface area contributed by atoms with Gasteiger partial charge in [-0.1, -0.05) is 18.2 Å². The summed E-state index contributed by atoms with van der Waals surface area (Å²) in [7, 11) is 0. The van der Waals surface area contributed by atoms with Crippen LogP contribution in [0.1, 0.15) is 13.3 Å². The molecule has 0 aliphatic carbocycles. The molecule has 2 saturated heterocycles. The zero-order valence-corrected chi connectivity index (χ0v) is 12.8. The lowest BCUT2D eigenvalue weighted by molar-refractivity contribution is 0.477. The number of fused-ring (bicyclic) bond motifs is 2. The number of halogens is 2. The molecule has 0 amide bonds. The number of nitrogens with one attached hydrogen (secondary N) is 1. The van der Waals surface area contributed by atoms with E-state index in [-0.39, 0.29) is 34.0 Å². The molecule has 2 heterocycles. The Kier molecular flexibility index (Phi) is 4.43. The molecule has 0 saturated carbocycles. The third-order valence-electron chi connectivity index (χ3n) is 3.58. The summed E-state index contributed by atoms with van der Waals surface area (Å²) in [4.78, 5) is 2.55. The summed E-state index contributed by atoms with van der Waals surface area (Å²) in [6.45, 7) is 4.66. The van der Waals surface area contributed by atoms with Crippen LogP contribution in [0.15, 0.2) is 30.3 Å². The predicted octanol–water partition coefficient (Wildman–Crippen LogP) is 2.78. The summed E-state index contributed by atoms with van der Waals surface area (Å²) in [5.74, 6) is 0. The molecule has 2 aliphatic rings. The average Bonchev–Trinajstić information content (AvgIpc) is 2.74. The lowest BCUT2D eigenvalue weighted by Gasteiger charge is -2.37. The predicted molar refractivity (Wildman–Crippen MR) is 79.2 cm³/mol. The minimum Gasteiger partial charge on any atom is -0.363 e. The number of piperazine rings is 1. The maximum absolute atomic E-state index is 3.55. The van der Waals surface area contributed by atoms with Gasteiger partial charge in [-0.05, 0) is 25.5 Å². The zero-order chi connectivity index (χ0) is 9.60. The van der Waals surface area contributed by atoms with Gasteiger partial charge in [0, 0.05) is 24.8 Å². The van der Waals surface area contributed by atoms with E-state index in [9.17, 15) is 0 Å². The smallest absolute Gasteiger partial charge is 0.0514 e. The van der Waals surface area contributed by atoms with Gasteiger partial charge in [0.1, 0.15) is 0 Å². The molecule has 1 aromatic rings. The van der Waals surface area contributed by atoms with E-state index < -0.39 is 0 Å². The van der Waals surface area contributed by atoms with Gasteiger partial charge in [-0.25, -0.2) is 0 Å². The second kappa shape index (κ2) is 5.07. The SMILES string of the molecule is Br.Br.CC12CNC(CN1c1ccccc1)C2. The molecule has 2 nitrogen and oxygen atoms in total. The van der Waals surface area contributed by atoms with Crippen LogP contribution < -0.4 is 10.2 Å². The van der Waals surface area contributed by atoms with Gasteiger partial charge in [-0.15, -0.1) is 34.0 Å². The van der Waals surface area contributed by atoms with Crippen molar-refractivity contribution in [2.75, 3.05) is 18.0 Å². The van der Waals surface area contributed by atoms with Crippen molar-refractivity contribution in [1.82, 2.24) is 5.32 Å². The Bertz CT molecular complexity index is 344. The Balaban J connectivity index is 0.000000640. The molecule has 0 spiro atoms. The van der Waals surface area contributed by atoms with Crippen LogP contribution >= 0.6 is 34.0 Å². The van der Waals surface area contributed by atoms with Crippen LogP contribution in [0, 0.1) is 0 Å². The first-order valence-corrected chi connectivity index (χ1v) is 5.34. The standard InChI is InChI=1S/C12H16N2.2BrH/c1-12-7-10(13-9-12)8-14(12)11-5-3-2-4-6-11;;/h2-6,10,13H,7-9H2,1H3;2*1H. The molecule has 16 heavy (non-hydrogen) atoms. The second-order valence-electron chi connectivity index (χ2n) is 4.73. The lowest BCUT2D eigenvalue weighted by Crippen LogP contribution is -2.51. The Morgan fingerprint density at radius 3 is 2.44 bits per heavy atom. The highest BCUT2D eigenvalue weighted by Crippen LogP contribution is 2.37. The number of benzene rings is 1. The van der Waals surface area contributed by atoms with Crippen LogP contribution in [0.25, 0.3) is 0 Å². The summed E-state index contributed by atoms with van der Waals surface area (Å²) >= 11 is 0. The van der Waals surface area contributed by atoms with Crippen LogP contribution in [0.2, 0.25) is 0 Å². The van der Waals surface area contributed by atoms with Gasteiger partial charge in [-0.2, -0.15) is 0 Å². The third kappa shape index (κ3) is 2.15. The van der Waals surface area contributed by atoms with E-state index in [0.29, 0.717) is 11.6 Å². The Morgan fingerprint density at radius 1 is 1.25 bits per heavy atom. The summed E-state index contributed by atoms with van der Waals surface area (Å²) < 4.78 is 0. The van der Waals surface area contributed by atoms with Crippen molar-refractivity contribution < 1.29 is 0 Å². The monoisotopic (exact) mass is 348 g/mol.